The molecule has 0 spiro atoms. The number of aliphatic hydroxyl groups excluding tert-OH is 2. The Morgan fingerprint density at radius 3 is 2.66 bits per heavy atom. The summed E-state index contributed by atoms with van der Waals surface area (Å²) in [5.74, 6) is 3.17. The van der Waals surface area contributed by atoms with Gasteiger partial charge >= 0.3 is 0 Å². The van der Waals surface area contributed by atoms with Gasteiger partial charge in [-0.15, -0.1) is 0 Å². The monoisotopic (exact) mass is 402 g/mol. The Morgan fingerprint density at radius 2 is 1.93 bits per heavy atom. The molecule has 166 valence electrons. The number of rotatable bonds is 7. The molecule has 2 nitrogen and oxygen atoms in total. The molecule has 0 heterocycles. The van der Waals surface area contributed by atoms with E-state index in [0.29, 0.717) is 29.1 Å². The van der Waals surface area contributed by atoms with Gasteiger partial charge in [-0.1, -0.05) is 71.6 Å². The van der Waals surface area contributed by atoms with Crippen LogP contribution < -0.4 is 0 Å². The molecule has 3 saturated carbocycles. The van der Waals surface area contributed by atoms with Crippen LogP contribution in [-0.2, 0) is 0 Å². The first kappa shape index (κ1) is 23.1. The second-order valence-electron chi connectivity index (χ2n) is 11.4. The van der Waals surface area contributed by atoms with E-state index in [-0.39, 0.29) is 12.2 Å². The molecule has 0 amide bonds. The first-order valence-electron chi connectivity index (χ1n) is 12.5. The lowest BCUT2D eigenvalue weighted by molar-refractivity contribution is 0.00157. The van der Waals surface area contributed by atoms with Crippen LogP contribution in [0.5, 0.6) is 0 Å². The van der Waals surface area contributed by atoms with Crippen molar-refractivity contribution in [1.29, 1.82) is 0 Å². The van der Waals surface area contributed by atoms with Crippen LogP contribution in [0.4, 0.5) is 0 Å². The van der Waals surface area contributed by atoms with Crippen LogP contribution in [0.15, 0.2) is 23.8 Å². The third kappa shape index (κ3) is 5.18. The van der Waals surface area contributed by atoms with Crippen molar-refractivity contribution in [3.05, 3.63) is 23.8 Å². The fourth-order valence-electron chi connectivity index (χ4n) is 7.25. The zero-order chi connectivity index (χ0) is 21.2. The van der Waals surface area contributed by atoms with E-state index >= 15 is 0 Å². The Morgan fingerprint density at radius 1 is 1.17 bits per heavy atom. The fourth-order valence-corrected chi connectivity index (χ4v) is 7.25. The summed E-state index contributed by atoms with van der Waals surface area (Å²) in [5.41, 5.74) is 2.83. The van der Waals surface area contributed by atoms with Crippen LogP contribution >= 0.6 is 0 Å². The van der Waals surface area contributed by atoms with Gasteiger partial charge in [-0.25, -0.2) is 0 Å². The van der Waals surface area contributed by atoms with E-state index in [4.69, 9.17) is 0 Å². The largest absolute Gasteiger partial charge is 0.393 e. The maximum atomic E-state index is 11.1. The molecule has 0 aromatic heterocycles. The van der Waals surface area contributed by atoms with Crippen molar-refractivity contribution in [3.63, 3.8) is 0 Å². The minimum atomic E-state index is -0.187. The molecule has 2 heteroatoms. The summed E-state index contributed by atoms with van der Waals surface area (Å²) in [6.07, 6.45) is 14.5. The molecule has 3 rings (SSSR count). The van der Waals surface area contributed by atoms with E-state index in [1.165, 1.54) is 49.7 Å². The van der Waals surface area contributed by atoms with Crippen LogP contribution in [-0.4, -0.2) is 22.4 Å². The average Bonchev–Trinajstić information content (AvgIpc) is 2.92. The zero-order valence-corrected chi connectivity index (χ0v) is 19.5. The van der Waals surface area contributed by atoms with Crippen LogP contribution in [0.25, 0.3) is 0 Å². The van der Waals surface area contributed by atoms with Crippen molar-refractivity contribution in [2.45, 2.75) is 111 Å². The molecule has 0 aromatic rings. The molecule has 0 radical (unpaired) electrons. The van der Waals surface area contributed by atoms with Gasteiger partial charge in [0.05, 0.1) is 12.2 Å². The molecule has 7 atom stereocenters. The van der Waals surface area contributed by atoms with Gasteiger partial charge in [-0.05, 0) is 85.5 Å². The Kier molecular flexibility index (Phi) is 7.71. The van der Waals surface area contributed by atoms with Gasteiger partial charge in [0.2, 0.25) is 0 Å². The van der Waals surface area contributed by atoms with Crippen LogP contribution in [0, 0.1) is 35.0 Å². The number of hydrogen-bond acceptors (Lipinski definition) is 2. The summed E-state index contributed by atoms with van der Waals surface area (Å²) in [5, 5.41) is 21.2. The van der Waals surface area contributed by atoms with Crippen molar-refractivity contribution >= 4 is 0 Å². The van der Waals surface area contributed by atoms with Gasteiger partial charge in [0.15, 0.2) is 0 Å². The molecule has 0 aromatic carbocycles. The van der Waals surface area contributed by atoms with E-state index in [1.54, 1.807) is 0 Å². The summed E-state index contributed by atoms with van der Waals surface area (Å²) in [6, 6.07) is 0. The molecule has 3 fully saturated rings. The molecule has 0 bridgehead atoms. The minimum absolute atomic E-state index is 0.126. The Hall–Kier alpha value is -0.600. The van der Waals surface area contributed by atoms with Gasteiger partial charge in [-0.2, -0.15) is 0 Å². The SMILES string of the molecule is C=C1CC[C@H](O)C/C1=C\CC1CCC[C@@]2(C)[C@@H]([C@H](C)CCCC(C)C)C(O)C[C@@H]12. The third-order valence-corrected chi connectivity index (χ3v) is 8.79. The average molecular weight is 403 g/mol. The van der Waals surface area contributed by atoms with Crippen molar-refractivity contribution in [3.8, 4) is 0 Å². The highest BCUT2D eigenvalue weighted by molar-refractivity contribution is 5.31. The van der Waals surface area contributed by atoms with Gasteiger partial charge < -0.3 is 10.2 Å². The van der Waals surface area contributed by atoms with Crippen LogP contribution in [0.2, 0.25) is 0 Å². The van der Waals surface area contributed by atoms with E-state index in [0.717, 1.165) is 38.0 Å². The highest BCUT2D eigenvalue weighted by Gasteiger charge is 2.56. The van der Waals surface area contributed by atoms with E-state index in [9.17, 15) is 10.2 Å². The lowest BCUT2D eigenvalue weighted by Crippen LogP contribution is -2.40. The zero-order valence-electron chi connectivity index (χ0n) is 19.5. The molecule has 2 N–H and O–H groups in total. The van der Waals surface area contributed by atoms with Crippen molar-refractivity contribution in [2.24, 2.45) is 35.0 Å². The molecular formula is C27H46O2. The third-order valence-electron chi connectivity index (χ3n) is 8.79. The number of allylic oxidation sites excluding steroid dienone is 2. The van der Waals surface area contributed by atoms with Gasteiger partial charge in [-0.3, -0.25) is 0 Å². The smallest absolute Gasteiger partial charge is 0.0583 e. The van der Waals surface area contributed by atoms with E-state index in [1.807, 2.05) is 0 Å². The quantitative estimate of drug-likeness (QED) is 0.499. The highest BCUT2D eigenvalue weighted by atomic mass is 16.3. The summed E-state index contributed by atoms with van der Waals surface area (Å²) in [7, 11) is 0. The Labute approximate surface area is 179 Å². The van der Waals surface area contributed by atoms with Gasteiger partial charge in [0.1, 0.15) is 0 Å². The summed E-state index contributed by atoms with van der Waals surface area (Å²) < 4.78 is 0. The lowest BCUT2D eigenvalue weighted by atomic mass is 9.58. The second kappa shape index (κ2) is 9.69. The first-order valence-corrected chi connectivity index (χ1v) is 12.5. The Balaban J connectivity index is 1.67. The second-order valence-corrected chi connectivity index (χ2v) is 11.4. The van der Waals surface area contributed by atoms with E-state index < -0.39 is 0 Å². The molecule has 29 heavy (non-hydrogen) atoms. The molecule has 0 aliphatic heterocycles. The molecule has 3 aliphatic carbocycles. The first-order chi connectivity index (χ1) is 13.7. The van der Waals surface area contributed by atoms with Gasteiger partial charge in [0.25, 0.3) is 0 Å². The van der Waals surface area contributed by atoms with Crippen molar-refractivity contribution in [2.75, 3.05) is 0 Å². The Bertz CT molecular complexity index is 591. The molecular weight excluding hydrogens is 356 g/mol. The summed E-state index contributed by atoms with van der Waals surface area (Å²) >= 11 is 0. The summed E-state index contributed by atoms with van der Waals surface area (Å²) in [4.78, 5) is 0. The lowest BCUT2D eigenvalue weighted by Gasteiger charge is -2.47. The molecule has 2 unspecified atom stereocenters. The van der Waals surface area contributed by atoms with Crippen molar-refractivity contribution in [1.82, 2.24) is 0 Å². The normalized spacial score (nSPS) is 40.4. The highest BCUT2D eigenvalue weighted by Crippen LogP contribution is 2.60. The minimum Gasteiger partial charge on any atom is -0.393 e. The molecule has 3 aliphatic rings. The number of aliphatic hydroxyl groups is 2. The predicted octanol–water partition coefficient (Wildman–Crippen LogP) is 6.67. The maximum absolute atomic E-state index is 11.1. The standard InChI is InChI=1S/C27H46O2/c1-18(2)8-6-9-20(4)26-25(29)17-24-21(10-7-15-27(24,26)5)12-13-22-16-23(28)14-11-19(22)3/h13,18,20-21,23-26,28-29H,3,6-12,14-17H2,1-2,4-5H3/b22-13+/t20-,21?,23+,24+,25?,26+,27-/m1/s1. The van der Waals surface area contributed by atoms with Crippen molar-refractivity contribution < 1.29 is 10.2 Å². The van der Waals surface area contributed by atoms with Crippen LogP contribution in [0.3, 0.4) is 0 Å². The summed E-state index contributed by atoms with van der Waals surface area (Å²) in [6.45, 7) is 13.8. The van der Waals surface area contributed by atoms with Gasteiger partial charge in [0, 0.05) is 0 Å². The number of hydrogen-bond donors (Lipinski definition) is 2. The predicted molar refractivity (Wildman–Crippen MR) is 123 cm³/mol. The molecule has 0 saturated heterocycles. The fraction of sp³-hybridized carbons (Fsp3) is 0.852. The maximum Gasteiger partial charge on any atom is 0.0583 e. The topological polar surface area (TPSA) is 40.5 Å². The number of fused-ring (bicyclic) bond motifs is 1. The van der Waals surface area contributed by atoms with Crippen LogP contribution in [0.1, 0.15) is 98.3 Å². The van der Waals surface area contributed by atoms with E-state index in [2.05, 4.69) is 40.3 Å².